The number of alkyl halides is 3. The number of hydrogen-bond donors (Lipinski definition) is 0. The highest BCUT2D eigenvalue weighted by Crippen LogP contribution is 2.32. The molecule has 3 aromatic rings. The van der Waals surface area contributed by atoms with E-state index in [0.717, 1.165) is 12.1 Å². The van der Waals surface area contributed by atoms with Gasteiger partial charge < -0.3 is 0 Å². The molecule has 0 aliphatic rings. The lowest BCUT2D eigenvalue weighted by atomic mass is 9.98. The second-order valence-electron chi connectivity index (χ2n) is 4.90. The molecule has 1 heterocycles. The molecule has 1 aromatic heterocycles. The Bertz CT molecular complexity index is 822. The zero-order chi connectivity index (χ0) is 16.4. The minimum atomic E-state index is -4.38. The Balaban J connectivity index is 2.02. The number of aromatic nitrogens is 2. The number of nitrogens with zero attached hydrogens (tertiary/aromatic N) is 2. The highest BCUT2D eigenvalue weighted by molar-refractivity contribution is 6.02. The zero-order valence-corrected chi connectivity index (χ0v) is 11.8. The van der Waals surface area contributed by atoms with Gasteiger partial charge in [-0.1, -0.05) is 30.3 Å². The van der Waals surface area contributed by atoms with Gasteiger partial charge >= 0.3 is 6.18 Å². The summed E-state index contributed by atoms with van der Waals surface area (Å²) in [6.45, 7) is 0. The lowest BCUT2D eigenvalue weighted by Crippen LogP contribution is -2.11. The zero-order valence-electron chi connectivity index (χ0n) is 11.8. The van der Waals surface area contributed by atoms with Gasteiger partial charge in [0, 0.05) is 18.0 Å². The van der Waals surface area contributed by atoms with Gasteiger partial charge in [0.05, 0.1) is 5.56 Å². The average Bonchev–Trinajstić information content (AvgIpc) is 3.08. The van der Waals surface area contributed by atoms with Crippen molar-refractivity contribution in [2.45, 2.75) is 6.18 Å². The molecule has 0 N–H and O–H groups in total. The number of hydrogen-bond acceptors (Lipinski definition) is 2. The van der Waals surface area contributed by atoms with Crippen LogP contribution < -0.4 is 0 Å². The van der Waals surface area contributed by atoms with Crippen LogP contribution in [0.2, 0.25) is 0 Å². The van der Waals surface area contributed by atoms with E-state index in [1.807, 2.05) is 0 Å². The Kier molecular flexibility index (Phi) is 3.73. The van der Waals surface area contributed by atoms with Gasteiger partial charge in [0.15, 0.2) is 0 Å². The van der Waals surface area contributed by atoms with Crippen LogP contribution in [0.1, 0.15) is 15.9 Å². The molecular formula is C17H11F3N2O. The standard InChI is InChI=1S/C17H11F3N2O/c18-17(19,20)13-7-5-12(6-8-13)14-3-1-2-4-15(14)16(23)22-10-9-21-11-22/h1-11H. The number of carbonyl (C=O) groups excluding carboxylic acids is 1. The van der Waals surface area contributed by atoms with Crippen LogP contribution in [-0.2, 0) is 6.18 Å². The summed E-state index contributed by atoms with van der Waals surface area (Å²) in [5, 5.41) is 0. The summed E-state index contributed by atoms with van der Waals surface area (Å²) in [5.74, 6) is -0.294. The summed E-state index contributed by atoms with van der Waals surface area (Å²) < 4.78 is 39.3. The highest BCUT2D eigenvalue weighted by Gasteiger charge is 2.30. The van der Waals surface area contributed by atoms with Gasteiger partial charge in [0.25, 0.3) is 5.91 Å². The number of rotatable bonds is 2. The Morgan fingerprint density at radius 1 is 1.00 bits per heavy atom. The van der Waals surface area contributed by atoms with Crippen LogP contribution in [0.3, 0.4) is 0 Å². The number of imidazole rings is 1. The third-order valence-electron chi connectivity index (χ3n) is 3.42. The van der Waals surface area contributed by atoms with Gasteiger partial charge in [-0.2, -0.15) is 13.2 Å². The van der Waals surface area contributed by atoms with Gasteiger partial charge in [-0.05, 0) is 29.3 Å². The topological polar surface area (TPSA) is 34.9 Å². The van der Waals surface area contributed by atoms with Crippen molar-refractivity contribution >= 4 is 5.91 Å². The van der Waals surface area contributed by atoms with Crippen molar-refractivity contribution in [1.29, 1.82) is 0 Å². The summed E-state index contributed by atoms with van der Waals surface area (Å²) in [7, 11) is 0. The van der Waals surface area contributed by atoms with Gasteiger partial charge in [0.1, 0.15) is 6.33 Å². The summed E-state index contributed by atoms with van der Waals surface area (Å²) >= 11 is 0. The molecule has 6 heteroatoms. The van der Waals surface area contributed by atoms with Crippen LogP contribution in [0, 0.1) is 0 Å². The fourth-order valence-corrected chi connectivity index (χ4v) is 2.28. The SMILES string of the molecule is O=C(c1ccccc1-c1ccc(C(F)(F)F)cc1)n1ccnc1. The Morgan fingerprint density at radius 2 is 1.70 bits per heavy atom. The molecule has 3 nitrogen and oxygen atoms in total. The van der Waals surface area contributed by atoms with E-state index in [1.54, 1.807) is 24.3 Å². The smallest absolute Gasteiger partial charge is 0.272 e. The second kappa shape index (κ2) is 5.72. The molecule has 0 radical (unpaired) electrons. The van der Waals surface area contributed by atoms with Crippen molar-refractivity contribution in [3.8, 4) is 11.1 Å². The predicted octanol–water partition coefficient (Wildman–Crippen LogP) is 4.26. The molecule has 0 aliphatic heterocycles. The number of halogens is 3. The van der Waals surface area contributed by atoms with E-state index in [2.05, 4.69) is 4.98 Å². The van der Waals surface area contributed by atoms with Crippen LogP contribution in [0.5, 0.6) is 0 Å². The Morgan fingerprint density at radius 3 is 2.30 bits per heavy atom. The molecule has 0 unspecified atom stereocenters. The Hall–Kier alpha value is -2.89. The predicted molar refractivity (Wildman–Crippen MR) is 78.8 cm³/mol. The molecule has 0 amide bonds. The summed E-state index contributed by atoms with van der Waals surface area (Å²) in [6.07, 6.45) is 0.00104. The van der Waals surface area contributed by atoms with Crippen LogP contribution in [0.15, 0.2) is 67.3 Å². The molecule has 0 aliphatic carbocycles. The number of carbonyl (C=O) groups is 1. The molecule has 3 rings (SSSR count). The third-order valence-corrected chi connectivity index (χ3v) is 3.42. The molecule has 0 saturated carbocycles. The van der Waals surface area contributed by atoms with Crippen LogP contribution in [-0.4, -0.2) is 15.5 Å². The molecule has 0 bridgehead atoms. The van der Waals surface area contributed by atoms with Crippen molar-refractivity contribution < 1.29 is 18.0 Å². The van der Waals surface area contributed by atoms with Crippen LogP contribution >= 0.6 is 0 Å². The van der Waals surface area contributed by atoms with E-state index >= 15 is 0 Å². The van der Waals surface area contributed by atoms with Gasteiger partial charge in [-0.3, -0.25) is 9.36 Å². The maximum Gasteiger partial charge on any atom is 0.416 e. The first-order valence-electron chi connectivity index (χ1n) is 6.76. The van der Waals surface area contributed by atoms with Crippen molar-refractivity contribution in [3.05, 3.63) is 78.4 Å². The molecule has 0 spiro atoms. The summed E-state index contributed by atoms with van der Waals surface area (Å²) in [6, 6.07) is 11.5. The van der Waals surface area contributed by atoms with Crippen molar-refractivity contribution in [2.75, 3.05) is 0 Å². The molecule has 23 heavy (non-hydrogen) atoms. The van der Waals surface area contributed by atoms with Gasteiger partial charge in [0.2, 0.25) is 0 Å². The van der Waals surface area contributed by atoms with E-state index in [-0.39, 0.29) is 5.91 Å². The fourth-order valence-electron chi connectivity index (χ4n) is 2.28. The van der Waals surface area contributed by atoms with Gasteiger partial charge in [-0.15, -0.1) is 0 Å². The maximum atomic E-state index is 12.7. The van der Waals surface area contributed by atoms with E-state index in [9.17, 15) is 18.0 Å². The fraction of sp³-hybridized carbons (Fsp3) is 0.0588. The first kappa shape index (κ1) is 15.0. The average molecular weight is 316 g/mol. The van der Waals surface area contributed by atoms with Crippen LogP contribution in [0.4, 0.5) is 13.2 Å². The van der Waals surface area contributed by atoms with E-state index < -0.39 is 11.7 Å². The summed E-state index contributed by atoms with van der Waals surface area (Å²) in [5.41, 5.74) is 0.784. The van der Waals surface area contributed by atoms with Crippen LogP contribution in [0.25, 0.3) is 11.1 Å². The second-order valence-corrected chi connectivity index (χ2v) is 4.90. The largest absolute Gasteiger partial charge is 0.416 e. The highest BCUT2D eigenvalue weighted by atomic mass is 19.4. The Labute approximate surface area is 130 Å². The molecule has 2 aromatic carbocycles. The first-order valence-corrected chi connectivity index (χ1v) is 6.76. The van der Waals surface area contributed by atoms with E-state index in [4.69, 9.17) is 0 Å². The quantitative estimate of drug-likeness (QED) is 0.708. The third kappa shape index (κ3) is 3.01. The van der Waals surface area contributed by atoms with Gasteiger partial charge in [-0.25, -0.2) is 4.98 Å². The minimum Gasteiger partial charge on any atom is -0.272 e. The monoisotopic (exact) mass is 316 g/mol. The molecule has 0 fully saturated rings. The molecule has 0 saturated heterocycles. The van der Waals surface area contributed by atoms with E-state index in [1.165, 1.54) is 35.4 Å². The molecule has 116 valence electrons. The molecular weight excluding hydrogens is 305 g/mol. The summed E-state index contributed by atoms with van der Waals surface area (Å²) in [4.78, 5) is 16.3. The van der Waals surface area contributed by atoms with Crippen molar-refractivity contribution in [3.63, 3.8) is 0 Å². The lowest BCUT2D eigenvalue weighted by molar-refractivity contribution is -0.137. The normalized spacial score (nSPS) is 11.4. The molecule has 0 atom stereocenters. The number of benzene rings is 2. The van der Waals surface area contributed by atoms with Crippen molar-refractivity contribution in [1.82, 2.24) is 9.55 Å². The minimum absolute atomic E-state index is 0.294. The van der Waals surface area contributed by atoms with Crippen molar-refractivity contribution in [2.24, 2.45) is 0 Å². The maximum absolute atomic E-state index is 12.7. The van der Waals surface area contributed by atoms with E-state index in [0.29, 0.717) is 16.7 Å². The lowest BCUT2D eigenvalue weighted by Gasteiger charge is -2.11. The first-order chi connectivity index (χ1) is 11.0.